The fourth-order valence-electron chi connectivity index (χ4n) is 6.63. The molecule has 2 aliphatic carbocycles. The van der Waals surface area contributed by atoms with Gasteiger partial charge in [0.05, 0.1) is 10.6 Å². The van der Waals surface area contributed by atoms with Crippen molar-refractivity contribution < 1.29 is 19.4 Å². The van der Waals surface area contributed by atoms with E-state index < -0.39 is 5.97 Å². The summed E-state index contributed by atoms with van der Waals surface area (Å²) in [6.07, 6.45) is 11.3. The van der Waals surface area contributed by atoms with Crippen LogP contribution in [0.15, 0.2) is 24.4 Å². The molecule has 3 heterocycles. The van der Waals surface area contributed by atoms with Crippen LogP contribution in [-0.2, 0) is 11.3 Å². The van der Waals surface area contributed by atoms with E-state index in [4.69, 9.17) is 4.74 Å². The summed E-state index contributed by atoms with van der Waals surface area (Å²) < 4.78 is 6.37. The van der Waals surface area contributed by atoms with E-state index in [2.05, 4.69) is 40.8 Å². The van der Waals surface area contributed by atoms with Gasteiger partial charge >= 0.3 is 5.97 Å². The summed E-state index contributed by atoms with van der Waals surface area (Å²) >= 11 is 1.18. The van der Waals surface area contributed by atoms with Crippen molar-refractivity contribution in [1.82, 2.24) is 9.88 Å². The highest BCUT2D eigenvalue weighted by Crippen LogP contribution is 2.39. The number of rotatable bonds is 8. The number of amides is 1. The zero-order chi connectivity index (χ0) is 30.6. The number of pyridine rings is 1. The van der Waals surface area contributed by atoms with Crippen molar-refractivity contribution in [2.24, 2.45) is 17.3 Å². The normalized spacial score (nSPS) is 24.7. The maximum absolute atomic E-state index is 14.2. The van der Waals surface area contributed by atoms with Crippen LogP contribution in [0.3, 0.4) is 0 Å². The number of ether oxygens (including phenoxy) is 1. The first kappa shape index (κ1) is 31.5. The molecule has 232 valence electrons. The molecule has 1 N–H and O–H groups in total. The second-order valence-electron chi connectivity index (χ2n) is 13.8. The Bertz CT molecular complexity index is 1330. The molecule has 3 fully saturated rings. The van der Waals surface area contributed by atoms with Crippen LogP contribution in [0.1, 0.15) is 112 Å². The first-order chi connectivity index (χ1) is 20.6. The Balaban J connectivity index is 1.33. The lowest BCUT2D eigenvalue weighted by Crippen LogP contribution is -2.47. The van der Waals surface area contributed by atoms with E-state index in [9.17, 15) is 14.7 Å². The lowest BCUT2D eigenvalue weighted by Gasteiger charge is -2.39. The number of aromatic nitrogens is 1. The Morgan fingerprint density at radius 2 is 1.77 bits per heavy atom. The summed E-state index contributed by atoms with van der Waals surface area (Å²) in [5.74, 6) is 6.70. The maximum atomic E-state index is 14.2. The zero-order valence-corrected chi connectivity index (χ0v) is 27.0. The number of carboxylic acids is 1. The lowest BCUT2D eigenvalue weighted by atomic mass is 9.81. The Morgan fingerprint density at radius 1 is 1.07 bits per heavy atom. The molecule has 2 aromatic heterocycles. The van der Waals surface area contributed by atoms with Crippen molar-refractivity contribution in [3.63, 3.8) is 0 Å². The molecule has 0 unspecified atom stereocenters. The molecule has 0 atom stereocenters. The van der Waals surface area contributed by atoms with E-state index in [0.29, 0.717) is 22.4 Å². The highest BCUT2D eigenvalue weighted by molar-refractivity contribution is 7.15. The number of likely N-dealkylation sites (tertiary alicyclic amines) is 1. The van der Waals surface area contributed by atoms with Crippen LogP contribution in [0.4, 0.5) is 5.69 Å². The van der Waals surface area contributed by atoms with Crippen molar-refractivity contribution in [2.75, 3.05) is 18.0 Å². The average Bonchev–Trinajstić information content (AvgIpc) is 3.64. The maximum Gasteiger partial charge on any atom is 0.348 e. The van der Waals surface area contributed by atoms with Crippen molar-refractivity contribution in [2.45, 2.75) is 111 Å². The molecular formula is C35H47N3O4S. The largest absolute Gasteiger partial charge is 0.477 e. The second-order valence-corrected chi connectivity index (χ2v) is 14.9. The predicted octanol–water partition coefficient (Wildman–Crippen LogP) is 7.38. The summed E-state index contributed by atoms with van der Waals surface area (Å²) in [6.45, 7) is 11.6. The molecule has 2 saturated carbocycles. The van der Waals surface area contributed by atoms with Crippen LogP contribution < -0.4 is 9.64 Å². The van der Waals surface area contributed by atoms with E-state index >= 15 is 0 Å². The molecule has 0 aromatic carbocycles. The molecule has 8 heteroatoms. The van der Waals surface area contributed by atoms with Crippen LogP contribution in [0.2, 0.25) is 0 Å². The van der Waals surface area contributed by atoms with Gasteiger partial charge in [-0.3, -0.25) is 9.69 Å². The number of thiophene rings is 1. The number of carbonyl (C=O) groups excluding carboxylic acids is 1. The van der Waals surface area contributed by atoms with Gasteiger partial charge in [0.2, 0.25) is 11.8 Å². The number of hydrogen-bond acceptors (Lipinski definition) is 6. The molecule has 0 bridgehead atoms. The number of carboxylic acid groups (broad SMARTS) is 1. The molecule has 1 amide bonds. The SMILES string of the molecule is CC1CCC(C(=O)N(c2cc(C#CC(C)(C)C)sc2C(=O)O)C2CCC(Oc3cc(CN4CCCC4)ccn3)CC2)CC1. The first-order valence-electron chi connectivity index (χ1n) is 16.1. The number of anilines is 1. The molecule has 43 heavy (non-hydrogen) atoms. The Morgan fingerprint density at radius 3 is 2.42 bits per heavy atom. The summed E-state index contributed by atoms with van der Waals surface area (Å²) in [6, 6.07) is 5.90. The summed E-state index contributed by atoms with van der Waals surface area (Å²) in [7, 11) is 0. The number of nitrogens with zero attached hydrogens (tertiary/aromatic N) is 3. The molecule has 2 aromatic rings. The van der Waals surface area contributed by atoms with E-state index in [0.717, 1.165) is 71.0 Å². The molecule has 0 radical (unpaired) electrons. The third-order valence-electron chi connectivity index (χ3n) is 9.03. The highest BCUT2D eigenvalue weighted by Gasteiger charge is 2.38. The van der Waals surface area contributed by atoms with Crippen LogP contribution in [0, 0.1) is 29.1 Å². The minimum atomic E-state index is -1.00. The van der Waals surface area contributed by atoms with Gasteiger partial charge in [-0.1, -0.05) is 18.8 Å². The predicted molar refractivity (Wildman–Crippen MR) is 172 cm³/mol. The van der Waals surface area contributed by atoms with E-state index in [1.807, 2.05) is 37.9 Å². The van der Waals surface area contributed by atoms with Crippen LogP contribution in [0.5, 0.6) is 5.88 Å². The minimum absolute atomic E-state index is 0.0212. The van der Waals surface area contributed by atoms with Gasteiger partial charge in [0.25, 0.3) is 0 Å². The van der Waals surface area contributed by atoms with Crippen molar-refractivity contribution in [1.29, 1.82) is 0 Å². The van der Waals surface area contributed by atoms with E-state index in [1.54, 1.807) is 0 Å². The molecular weight excluding hydrogens is 558 g/mol. The lowest BCUT2D eigenvalue weighted by molar-refractivity contribution is -0.124. The van der Waals surface area contributed by atoms with Crippen LogP contribution in [0.25, 0.3) is 0 Å². The van der Waals surface area contributed by atoms with Crippen molar-refractivity contribution in [3.05, 3.63) is 39.7 Å². The summed E-state index contributed by atoms with van der Waals surface area (Å²) in [5, 5.41) is 10.2. The summed E-state index contributed by atoms with van der Waals surface area (Å²) in [4.78, 5) is 36.4. The smallest absolute Gasteiger partial charge is 0.348 e. The Kier molecular flexibility index (Phi) is 10.1. The zero-order valence-electron chi connectivity index (χ0n) is 26.2. The monoisotopic (exact) mass is 605 g/mol. The topological polar surface area (TPSA) is 83.0 Å². The standard InChI is InChI=1S/C35H47N3O4S/c1-24-7-9-26(10-8-24)33(39)38(30-22-29(15-17-35(2,3)4)43-32(30)34(40)41)27-11-13-28(14-12-27)42-31-21-25(16-18-36-31)23-37-19-5-6-20-37/h16,18,21-22,24,26-28H,5-14,19-20,23H2,1-4H3,(H,40,41). The average molecular weight is 606 g/mol. The number of carbonyl (C=O) groups is 2. The second kappa shape index (κ2) is 13.8. The molecule has 1 aliphatic heterocycles. The van der Waals surface area contributed by atoms with Crippen molar-refractivity contribution in [3.8, 4) is 17.7 Å². The van der Waals surface area contributed by atoms with Crippen LogP contribution in [-0.4, -0.2) is 52.1 Å². The fraction of sp³-hybridized carbons (Fsp3) is 0.629. The van der Waals surface area contributed by atoms with Gasteiger partial charge in [-0.2, -0.15) is 0 Å². The molecule has 0 spiro atoms. The molecule has 7 nitrogen and oxygen atoms in total. The quantitative estimate of drug-likeness (QED) is 0.316. The third-order valence-corrected chi connectivity index (χ3v) is 10.1. The number of aromatic carboxylic acids is 1. The minimum Gasteiger partial charge on any atom is -0.477 e. The molecule has 5 rings (SSSR count). The third kappa shape index (κ3) is 8.39. The van der Waals surface area contributed by atoms with Gasteiger partial charge in [-0.25, -0.2) is 9.78 Å². The van der Waals surface area contributed by atoms with Gasteiger partial charge in [0, 0.05) is 36.2 Å². The van der Waals surface area contributed by atoms with E-state index in [1.165, 1.54) is 29.7 Å². The first-order valence-corrected chi connectivity index (χ1v) is 16.9. The van der Waals surface area contributed by atoms with Crippen molar-refractivity contribution >= 4 is 28.9 Å². The molecule has 3 aliphatic rings. The Labute approximate surface area is 261 Å². The van der Waals surface area contributed by atoms with Gasteiger partial charge in [-0.15, -0.1) is 11.3 Å². The van der Waals surface area contributed by atoms with Gasteiger partial charge < -0.3 is 14.7 Å². The van der Waals surface area contributed by atoms with Gasteiger partial charge in [0.15, 0.2) is 0 Å². The highest BCUT2D eigenvalue weighted by atomic mass is 32.1. The van der Waals surface area contributed by atoms with Gasteiger partial charge in [-0.05, 0) is 122 Å². The molecule has 1 saturated heterocycles. The fourth-order valence-corrected chi connectivity index (χ4v) is 7.47. The Hall–Kier alpha value is -2.89. The summed E-state index contributed by atoms with van der Waals surface area (Å²) in [5.41, 5.74) is 1.53. The van der Waals surface area contributed by atoms with E-state index in [-0.39, 0.29) is 34.3 Å². The van der Waals surface area contributed by atoms with Crippen LogP contribution >= 0.6 is 11.3 Å². The number of hydrogen-bond donors (Lipinski definition) is 1. The van der Waals surface area contributed by atoms with Gasteiger partial charge in [0.1, 0.15) is 11.0 Å².